The second-order valence-electron chi connectivity index (χ2n) is 9.29. The van der Waals surface area contributed by atoms with Gasteiger partial charge in [-0.1, -0.05) is 60.7 Å². The van der Waals surface area contributed by atoms with Gasteiger partial charge < -0.3 is 19.1 Å². The van der Waals surface area contributed by atoms with Gasteiger partial charge in [0.15, 0.2) is 16.6 Å². The summed E-state index contributed by atoms with van der Waals surface area (Å²) in [6, 6.07) is 19.0. The van der Waals surface area contributed by atoms with Crippen LogP contribution in [0.1, 0.15) is 48.1 Å². The summed E-state index contributed by atoms with van der Waals surface area (Å²) in [5.74, 6) is -1.08. The number of hydrogen-bond donors (Lipinski definition) is 0. The van der Waals surface area contributed by atoms with Crippen molar-refractivity contribution in [3.63, 3.8) is 0 Å². The molecule has 3 aromatic rings. The molecular formula is C28H32N2O5S. The van der Waals surface area contributed by atoms with E-state index in [9.17, 15) is 9.59 Å². The normalized spacial score (nSPS) is 18.5. The average Bonchev–Trinajstić information content (AvgIpc) is 3.53. The van der Waals surface area contributed by atoms with E-state index in [4.69, 9.17) is 14.2 Å². The molecule has 0 radical (unpaired) electrons. The van der Waals surface area contributed by atoms with Crippen LogP contribution in [0.5, 0.6) is 0 Å². The van der Waals surface area contributed by atoms with Gasteiger partial charge in [0, 0.05) is 31.5 Å². The maximum absolute atomic E-state index is 13.3. The summed E-state index contributed by atoms with van der Waals surface area (Å²) < 4.78 is 18.6. The number of hydrogen-bond acceptors (Lipinski definition) is 7. The van der Waals surface area contributed by atoms with Gasteiger partial charge in [0.1, 0.15) is 12.2 Å². The molecule has 4 rings (SSSR count). The number of thiazole rings is 1. The number of aromatic nitrogens is 1. The quantitative estimate of drug-likeness (QED) is 0.344. The Balaban J connectivity index is 1.69. The van der Waals surface area contributed by atoms with Crippen molar-refractivity contribution in [2.24, 2.45) is 0 Å². The number of carbonyl (C=O) groups is 2. The Bertz CT molecular complexity index is 1120. The van der Waals surface area contributed by atoms with E-state index in [0.717, 1.165) is 11.1 Å². The molecule has 36 heavy (non-hydrogen) atoms. The molecule has 0 saturated carbocycles. The number of nitrogens with zero attached hydrogens (tertiary/aromatic N) is 2. The highest BCUT2D eigenvalue weighted by Crippen LogP contribution is 2.31. The zero-order valence-electron chi connectivity index (χ0n) is 20.8. The predicted octanol–water partition coefficient (Wildman–Crippen LogP) is 4.87. The summed E-state index contributed by atoms with van der Waals surface area (Å²) in [6.07, 6.45) is 0.595. The van der Waals surface area contributed by atoms with E-state index in [1.807, 2.05) is 74.5 Å². The number of ketones is 1. The van der Waals surface area contributed by atoms with Crippen LogP contribution in [0.4, 0.5) is 0 Å². The van der Waals surface area contributed by atoms with Crippen molar-refractivity contribution in [2.75, 3.05) is 6.61 Å². The van der Waals surface area contributed by atoms with Crippen molar-refractivity contribution in [3.05, 3.63) is 88.4 Å². The van der Waals surface area contributed by atoms with Crippen LogP contribution in [0.25, 0.3) is 0 Å². The van der Waals surface area contributed by atoms with E-state index in [0.29, 0.717) is 24.8 Å². The van der Waals surface area contributed by atoms with Gasteiger partial charge >= 0.3 is 0 Å². The second-order valence-corrected chi connectivity index (χ2v) is 10.2. The lowest BCUT2D eigenvalue weighted by molar-refractivity contribution is -0.169. The van der Waals surface area contributed by atoms with Crippen LogP contribution in [-0.2, 0) is 32.2 Å². The molecule has 1 aliphatic rings. The average molecular weight is 509 g/mol. The molecule has 1 aromatic heterocycles. The Hall–Kier alpha value is -2.91. The standard InChI is InChI=1S/C28H32N2O5S/c1-20(31)30(17-21-10-6-4-7-11-21)23(16-24(32)27-29-14-15-36-27)26(25-19-34-28(2,3)35-25)33-18-22-12-8-5-9-13-22/h4-15,23,25-26H,16-19H2,1-3H3/t23-,25-,26+/m1/s1. The predicted molar refractivity (Wildman–Crippen MR) is 137 cm³/mol. The van der Waals surface area contributed by atoms with E-state index < -0.39 is 24.0 Å². The van der Waals surface area contributed by atoms with Crippen LogP contribution < -0.4 is 0 Å². The van der Waals surface area contributed by atoms with Crippen LogP contribution in [0.15, 0.2) is 72.2 Å². The largest absolute Gasteiger partial charge is 0.369 e. The van der Waals surface area contributed by atoms with Crippen molar-refractivity contribution in [3.8, 4) is 0 Å². The number of Topliss-reactive ketones (excluding diaryl/α,β-unsaturated/α-hetero) is 1. The molecule has 0 bridgehead atoms. The van der Waals surface area contributed by atoms with Crippen molar-refractivity contribution in [2.45, 2.75) is 64.4 Å². The van der Waals surface area contributed by atoms with Crippen LogP contribution in [0.2, 0.25) is 0 Å². The molecule has 0 unspecified atom stereocenters. The fourth-order valence-corrected chi connectivity index (χ4v) is 4.98. The Morgan fingerprint density at radius 3 is 2.33 bits per heavy atom. The van der Waals surface area contributed by atoms with E-state index in [2.05, 4.69) is 4.98 Å². The number of amides is 1. The first-order valence-corrected chi connectivity index (χ1v) is 12.9. The molecule has 0 spiro atoms. The van der Waals surface area contributed by atoms with Gasteiger partial charge in [0.05, 0.1) is 19.3 Å². The van der Waals surface area contributed by atoms with Gasteiger partial charge in [-0.3, -0.25) is 9.59 Å². The SMILES string of the molecule is CC(=O)N(Cc1ccccc1)[C@H](CC(=O)c1nccs1)[C@H](OCc1ccccc1)[C@H]1COC(C)(C)O1. The molecule has 0 aliphatic carbocycles. The third kappa shape index (κ3) is 6.85. The molecule has 1 amide bonds. The minimum atomic E-state index is -0.788. The summed E-state index contributed by atoms with van der Waals surface area (Å²) >= 11 is 1.29. The molecular weight excluding hydrogens is 476 g/mol. The smallest absolute Gasteiger partial charge is 0.220 e. The van der Waals surface area contributed by atoms with Crippen LogP contribution >= 0.6 is 11.3 Å². The van der Waals surface area contributed by atoms with E-state index in [1.54, 1.807) is 16.5 Å². The van der Waals surface area contributed by atoms with Gasteiger partial charge in [-0.2, -0.15) is 0 Å². The van der Waals surface area contributed by atoms with Gasteiger partial charge in [-0.15, -0.1) is 11.3 Å². The van der Waals surface area contributed by atoms with Crippen molar-refractivity contribution >= 4 is 23.0 Å². The molecule has 1 saturated heterocycles. The highest BCUT2D eigenvalue weighted by molar-refractivity contribution is 7.11. The first kappa shape index (κ1) is 26.2. The summed E-state index contributed by atoms with van der Waals surface area (Å²) in [7, 11) is 0. The summed E-state index contributed by atoms with van der Waals surface area (Å²) in [5.41, 5.74) is 1.95. The first-order chi connectivity index (χ1) is 17.3. The molecule has 3 atom stereocenters. The van der Waals surface area contributed by atoms with E-state index in [1.165, 1.54) is 18.3 Å². The molecule has 7 nitrogen and oxygen atoms in total. The Labute approximate surface area is 216 Å². The third-order valence-electron chi connectivity index (χ3n) is 6.13. The first-order valence-electron chi connectivity index (χ1n) is 12.0. The van der Waals surface area contributed by atoms with Crippen molar-refractivity contribution in [1.82, 2.24) is 9.88 Å². The van der Waals surface area contributed by atoms with E-state index >= 15 is 0 Å². The molecule has 1 fully saturated rings. The zero-order chi connectivity index (χ0) is 25.5. The van der Waals surface area contributed by atoms with Crippen molar-refractivity contribution in [1.29, 1.82) is 0 Å². The molecule has 2 aromatic carbocycles. The monoisotopic (exact) mass is 508 g/mol. The van der Waals surface area contributed by atoms with Crippen LogP contribution in [0.3, 0.4) is 0 Å². The Morgan fingerprint density at radius 2 is 1.78 bits per heavy atom. The topological polar surface area (TPSA) is 78.0 Å². The highest BCUT2D eigenvalue weighted by atomic mass is 32.1. The van der Waals surface area contributed by atoms with Gasteiger partial charge in [-0.25, -0.2) is 4.98 Å². The van der Waals surface area contributed by atoms with E-state index in [-0.39, 0.29) is 18.1 Å². The maximum atomic E-state index is 13.3. The Morgan fingerprint density at radius 1 is 1.11 bits per heavy atom. The highest BCUT2D eigenvalue weighted by Gasteiger charge is 2.44. The molecule has 0 N–H and O–H groups in total. The fraction of sp³-hybridized carbons (Fsp3) is 0.393. The molecule has 190 valence electrons. The lowest BCUT2D eigenvalue weighted by atomic mass is 9.97. The second kappa shape index (κ2) is 11.9. The lowest BCUT2D eigenvalue weighted by Gasteiger charge is -2.38. The van der Waals surface area contributed by atoms with Gasteiger partial charge in [0.2, 0.25) is 5.91 Å². The van der Waals surface area contributed by atoms with Crippen LogP contribution in [0, 0.1) is 0 Å². The molecule has 1 aliphatic heterocycles. The van der Waals surface area contributed by atoms with Crippen LogP contribution in [-0.4, -0.2) is 52.2 Å². The minimum absolute atomic E-state index is 0.0552. The summed E-state index contributed by atoms with van der Waals surface area (Å²) in [6.45, 7) is 6.17. The third-order valence-corrected chi connectivity index (χ3v) is 6.94. The van der Waals surface area contributed by atoms with Gasteiger partial charge in [0.25, 0.3) is 0 Å². The number of carbonyl (C=O) groups excluding carboxylic acids is 2. The minimum Gasteiger partial charge on any atom is -0.369 e. The van der Waals surface area contributed by atoms with Gasteiger partial charge in [-0.05, 0) is 25.0 Å². The summed E-state index contributed by atoms with van der Waals surface area (Å²) in [4.78, 5) is 32.3. The fourth-order valence-electron chi connectivity index (χ4n) is 4.39. The molecule has 8 heteroatoms. The number of rotatable bonds is 11. The number of benzene rings is 2. The Kier molecular flexibility index (Phi) is 8.64. The maximum Gasteiger partial charge on any atom is 0.220 e. The van der Waals surface area contributed by atoms with Crippen molar-refractivity contribution < 1.29 is 23.8 Å². The lowest BCUT2D eigenvalue weighted by Crippen LogP contribution is -2.53. The summed E-state index contributed by atoms with van der Waals surface area (Å²) in [5, 5.41) is 2.18. The number of ether oxygens (including phenoxy) is 3. The zero-order valence-corrected chi connectivity index (χ0v) is 21.6. The molecule has 2 heterocycles.